The first-order valence-corrected chi connectivity index (χ1v) is 11.4. The van der Waals surface area contributed by atoms with Crippen LogP contribution in [0.2, 0.25) is 0 Å². The topological polar surface area (TPSA) is 144 Å². The molecule has 3 atom stereocenters. The van der Waals surface area contributed by atoms with Crippen LogP contribution in [-0.2, 0) is 38.2 Å². The minimum atomic E-state index is -0.523. The molecular weight excluding hydrogens is 448 g/mol. The average Bonchev–Trinajstić information content (AvgIpc) is 3.43. The summed E-state index contributed by atoms with van der Waals surface area (Å²) in [4.78, 5) is 61.1. The first-order valence-electron chi connectivity index (χ1n) is 11.4. The summed E-state index contributed by atoms with van der Waals surface area (Å²) in [7, 11) is 1.51. The van der Waals surface area contributed by atoms with Crippen molar-refractivity contribution in [3.05, 3.63) is 12.2 Å². The Kier molecular flexibility index (Phi) is 11.6. The smallest absolute Gasteiger partial charge is 0.253 e. The highest BCUT2D eigenvalue weighted by atomic mass is 16.5. The number of likely N-dealkylation sites (tertiary alicyclic amines) is 1. The molecule has 12 heteroatoms. The van der Waals surface area contributed by atoms with Gasteiger partial charge in [-0.05, 0) is 12.8 Å². The van der Waals surface area contributed by atoms with Gasteiger partial charge in [-0.15, -0.1) is 0 Å². The summed E-state index contributed by atoms with van der Waals surface area (Å²) in [5.41, 5.74) is 0. The molecule has 0 aromatic heterocycles. The van der Waals surface area contributed by atoms with Crippen LogP contribution in [0.3, 0.4) is 0 Å². The second-order valence-corrected chi connectivity index (χ2v) is 8.00. The maximum atomic E-state index is 12.5. The Labute approximate surface area is 198 Å². The molecule has 0 spiro atoms. The van der Waals surface area contributed by atoms with Gasteiger partial charge in [-0.2, -0.15) is 0 Å². The lowest BCUT2D eigenvalue weighted by molar-refractivity contribution is -0.137. The third kappa shape index (κ3) is 8.19. The Morgan fingerprint density at radius 1 is 1.12 bits per heavy atom. The molecule has 3 unspecified atom stereocenters. The molecule has 190 valence electrons. The lowest BCUT2D eigenvalue weighted by Crippen LogP contribution is -2.49. The fourth-order valence-electron chi connectivity index (χ4n) is 3.92. The molecule has 0 radical (unpaired) electrons. The van der Waals surface area contributed by atoms with Gasteiger partial charge in [0.1, 0.15) is 0 Å². The van der Waals surface area contributed by atoms with Crippen molar-refractivity contribution in [2.45, 2.75) is 31.9 Å². The summed E-state index contributed by atoms with van der Waals surface area (Å²) in [6.45, 7) is 3.71. The van der Waals surface area contributed by atoms with E-state index in [0.717, 1.165) is 24.2 Å². The van der Waals surface area contributed by atoms with Crippen molar-refractivity contribution in [3.63, 3.8) is 0 Å². The van der Waals surface area contributed by atoms with Crippen LogP contribution in [0.1, 0.15) is 19.8 Å². The van der Waals surface area contributed by atoms with Gasteiger partial charge in [-0.3, -0.25) is 28.9 Å². The SMILES string of the molecule is COC(C(C)C(=O)NCC(=O)NCCOCCOCCN1C(=O)C=CC1=O)C1CCCN1C=O. The van der Waals surface area contributed by atoms with E-state index in [-0.39, 0.29) is 69.1 Å². The second-order valence-electron chi connectivity index (χ2n) is 8.00. The van der Waals surface area contributed by atoms with Crippen molar-refractivity contribution >= 4 is 30.0 Å². The number of amides is 5. The zero-order valence-corrected chi connectivity index (χ0v) is 19.7. The average molecular weight is 483 g/mol. The van der Waals surface area contributed by atoms with E-state index >= 15 is 0 Å². The van der Waals surface area contributed by atoms with Crippen molar-refractivity contribution in [2.75, 3.05) is 59.7 Å². The number of nitrogens with one attached hydrogen (secondary N) is 2. The van der Waals surface area contributed by atoms with Crippen LogP contribution in [0.5, 0.6) is 0 Å². The first kappa shape index (κ1) is 27.4. The Balaban J connectivity index is 1.50. The van der Waals surface area contributed by atoms with E-state index in [2.05, 4.69) is 10.6 Å². The zero-order valence-electron chi connectivity index (χ0n) is 19.7. The molecule has 1 fully saturated rings. The predicted molar refractivity (Wildman–Crippen MR) is 119 cm³/mol. The lowest BCUT2D eigenvalue weighted by Gasteiger charge is -2.31. The van der Waals surface area contributed by atoms with Gasteiger partial charge in [0.2, 0.25) is 18.2 Å². The number of carbonyl (C=O) groups is 5. The zero-order chi connectivity index (χ0) is 24.9. The second kappa shape index (κ2) is 14.4. The van der Waals surface area contributed by atoms with E-state index in [1.165, 1.54) is 19.3 Å². The number of nitrogens with zero attached hydrogens (tertiary/aromatic N) is 2. The number of methoxy groups -OCH3 is 1. The van der Waals surface area contributed by atoms with Gasteiger partial charge in [-0.25, -0.2) is 0 Å². The maximum absolute atomic E-state index is 12.5. The highest BCUT2D eigenvalue weighted by Crippen LogP contribution is 2.24. The molecule has 2 N–H and O–H groups in total. The molecule has 0 aromatic rings. The molecule has 0 bridgehead atoms. The third-order valence-electron chi connectivity index (χ3n) is 5.76. The van der Waals surface area contributed by atoms with E-state index in [4.69, 9.17) is 14.2 Å². The fraction of sp³-hybridized carbons (Fsp3) is 0.682. The Bertz CT molecular complexity index is 741. The Morgan fingerprint density at radius 3 is 2.44 bits per heavy atom. The van der Waals surface area contributed by atoms with Gasteiger partial charge in [0, 0.05) is 32.4 Å². The van der Waals surface area contributed by atoms with Gasteiger partial charge in [-0.1, -0.05) is 6.92 Å². The van der Waals surface area contributed by atoms with Crippen LogP contribution < -0.4 is 10.6 Å². The molecule has 0 aromatic carbocycles. The van der Waals surface area contributed by atoms with Crippen LogP contribution in [0.25, 0.3) is 0 Å². The molecule has 34 heavy (non-hydrogen) atoms. The van der Waals surface area contributed by atoms with Crippen LogP contribution in [0.15, 0.2) is 12.2 Å². The van der Waals surface area contributed by atoms with Gasteiger partial charge >= 0.3 is 0 Å². The number of rotatable bonds is 16. The standard InChI is InChI=1S/C22H34N4O8/c1-16(21(32-2)17-4-3-8-25(17)15-27)22(31)24-14-18(28)23-7-10-33-12-13-34-11-9-26-19(29)5-6-20(26)30/h5-6,15-17,21H,3-4,7-14H2,1-2H3,(H,23,28)(H,24,31). The number of ether oxygens (including phenoxy) is 3. The molecule has 5 amide bonds. The predicted octanol–water partition coefficient (Wildman–Crippen LogP) is -1.55. The Morgan fingerprint density at radius 2 is 1.79 bits per heavy atom. The minimum Gasteiger partial charge on any atom is -0.378 e. The third-order valence-corrected chi connectivity index (χ3v) is 5.76. The lowest BCUT2D eigenvalue weighted by atomic mass is 9.95. The number of carbonyl (C=O) groups excluding carboxylic acids is 5. The molecule has 2 rings (SSSR count). The van der Waals surface area contributed by atoms with Gasteiger partial charge < -0.3 is 29.7 Å². The summed E-state index contributed by atoms with van der Waals surface area (Å²) in [6, 6.07) is -0.152. The quantitative estimate of drug-likeness (QED) is 0.153. The van der Waals surface area contributed by atoms with E-state index in [1.807, 2.05) is 0 Å². The molecular formula is C22H34N4O8. The number of imide groups is 1. The highest BCUT2D eigenvalue weighted by Gasteiger charge is 2.37. The van der Waals surface area contributed by atoms with Crippen LogP contribution >= 0.6 is 0 Å². The van der Waals surface area contributed by atoms with Gasteiger partial charge in [0.25, 0.3) is 11.8 Å². The highest BCUT2D eigenvalue weighted by molar-refractivity contribution is 6.12. The van der Waals surface area contributed by atoms with E-state index in [1.54, 1.807) is 11.8 Å². The monoisotopic (exact) mass is 482 g/mol. The summed E-state index contributed by atoms with van der Waals surface area (Å²) in [5, 5.41) is 5.25. The molecule has 1 saturated heterocycles. The van der Waals surface area contributed by atoms with Crippen LogP contribution in [0, 0.1) is 5.92 Å². The fourth-order valence-corrected chi connectivity index (χ4v) is 3.92. The molecule has 0 saturated carbocycles. The van der Waals surface area contributed by atoms with Crippen molar-refractivity contribution in [2.24, 2.45) is 5.92 Å². The van der Waals surface area contributed by atoms with Gasteiger partial charge in [0.15, 0.2) is 0 Å². The van der Waals surface area contributed by atoms with Crippen LogP contribution in [0.4, 0.5) is 0 Å². The van der Waals surface area contributed by atoms with Crippen molar-refractivity contribution < 1.29 is 38.2 Å². The van der Waals surface area contributed by atoms with Crippen molar-refractivity contribution in [3.8, 4) is 0 Å². The normalized spacial score (nSPS) is 19.4. The summed E-state index contributed by atoms with van der Waals surface area (Å²) in [6.07, 6.45) is 4.43. The van der Waals surface area contributed by atoms with Crippen molar-refractivity contribution in [1.29, 1.82) is 0 Å². The molecule has 12 nitrogen and oxygen atoms in total. The summed E-state index contributed by atoms with van der Waals surface area (Å²) in [5.74, 6) is -1.88. The maximum Gasteiger partial charge on any atom is 0.253 e. The number of hydrogen-bond acceptors (Lipinski definition) is 8. The van der Waals surface area contributed by atoms with E-state index in [0.29, 0.717) is 13.2 Å². The summed E-state index contributed by atoms with van der Waals surface area (Å²) >= 11 is 0. The van der Waals surface area contributed by atoms with E-state index < -0.39 is 12.0 Å². The van der Waals surface area contributed by atoms with E-state index in [9.17, 15) is 24.0 Å². The summed E-state index contributed by atoms with van der Waals surface area (Å²) < 4.78 is 16.2. The number of hydrogen-bond donors (Lipinski definition) is 2. The minimum absolute atomic E-state index is 0.152. The Hall–Kier alpha value is -2.83. The largest absolute Gasteiger partial charge is 0.378 e. The van der Waals surface area contributed by atoms with Gasteiger partial charge in [0.05, 0.1) is 57.6 Å². The first-order chi connectivity index (χ1) is 16.4. The van der Waals surface area contributed by atoms with Crippen molar-refractivity contribution in [1.82, 2.24) is 20.4 Å². The molecule has 2 heterocycles. The van der Waals surface area contributed by atoms with Crippen LogP contribution in [-0.4, -0.2) is 112 Å². The molecule has 2 aliphatic heterocycles. The molecule has 0 aliphatic carbocycles. The molecule has 2 aliphatic rings.